The van der Waals surface area contributed by atoms with Gasteiger partial charge in [0.05, 0.1) is 0 Å². The van der Waals surface area contributed by atoms with Crippen molar-refractivity contribution < 1.29 is 4.79 Å². The summed E-state index contributed by atoms with van der Waals surface area (Å²) in [4.78, 5) is 11.0. The second-order valence-electron chi connectivity index (χ2n) is 4.43. The van der Waals surface area contributed by atoms with E-state index in [-0.39, 0.29) is 5.91 Å². The zero-order chi connectivity index (χ0) is 9.26. The molecule has 3 unspecified atom stereocenters. The predicted octanol–water partition coefficient (Wildman–Crippen LogP) is 1.21. The summed E-state index contributed by atoms with van der Waals surface area (Å²) in [6, 6.07) is 0.391. The van der Waals surface area contributed by atoms with Gasteiger partial charge in [0.15, 0.2) is 0 Å². The van der Waals surface area contributed by atoms with E-state index in [1.807, 2.05) is 0 Å². The van der Waals surface area contributed by atoms with Crippen molar-refractivity contribution >= 4 is 5.91 Å². The van der Waals surface area contributed by atoms with Crippen LogP contribution >= 0.6 is 0 Å². The fraction of sp³-hybridized carbons (Fsp3) is 0.900. The van der Waals surface area contributed by atoms with Crippen LogP contribution in [-0.2, 0) is 4.79 Å². The molecule has 0 spiro atoms. The van der Waals surface area contributed by atoms with Gasteiger partial charge in [-0.3, -0.25) is 10.2 Å². The van der Waals surface area contributed by atoms with Gasteiger partial charge in [-0.1, -0.05) is 26.2 Å². The molecule has 0 aromatic carbocycles. The lowest BCUT2D eigenvalue weighted by molar-refractivity contribution is -0.119. The fourth-order valence-corrected chi connectivity index (χ4v) is 2.68. The highest BCUT2D eigenvalue weighted by Gasteiger charge is 2.33. The van der Waals surface area contributed by atoms with Crippen molar-refractivity contribution in [1.29, 1.82) is 0 Å². The van der Waals surface area contributed by atoms with E-state index in [9.17, 15) is 4.79 Å². The molecule has 2 fully saturated rings. The standard InChI is InChI=1S/C10H18N2O/c1-7-4-2-3-5-8(7)9-6-10(13)12-11-9/h7-9,11H,2-6H2,1H3,(H,12,13). The van der Waals surface area contributed by atoms with Crippen LogP contribution in [0, 0.1) is 11.8 Å². The number of hydrogen-bond acceptors (Lipinski definition) is 2. The van der Waals surface area contributed by atoms with Crippen molar-refractivity contribution in [2.45, 2.75) is 45.1 Å². The third kappa shape index (κ3) is 1.85. The zero-order valence-electron chi connectivity index (χ0n) is 8.18. The Morgan fingerprint density at radius 3 is 2.69 bits per heavy atom. The van der Waals surface area contributed by atoms with Gasteiger partial charge in [0, 0.05) is 12.5 Å². The average molecular weight is 182 g/mol. The molecule has 1 amide bonds. The lowest BCUT2D eigenvalue weighted by atomic mass is 9.76. The molecule has 1 aliphatic carbocycles. The molecule has 3 nitrogen and oxygen atoms in total. The lowest BCUT2D eigenvalue weighted by Crippen LogP contribution is -2.39. The van der Waals surface area contributed by atoms with Gasteiger partial charge in [-0.15, -0.1) is 0 Å². The molecule has 1 heterocycles. The second-order valence-corrected chi connectivity index (χ2v) is 4.43. The molecule has 3 atom stereocenters. The van der Waals surface area contributed by atoms with Gasteiger partial charge in [-0.25, -0.2) is 5.43 Å². The van der Waals surface area contributed by atoms with Crippen molar-refractivity contribution in [1.82, 2.24) is 10.9 Å². The molecule has 2 rings (SSSR count). The molecule has 74 valence electrons. The molecule has 2 aliphatic rings. The zero-order valence-corrected chi connectivity index (χ0v) is 8.18. The number of amides is 1. The van der Waals surface area contributed by atoms with E-state index >= 15 is 0 Å². The number of rotatable bonds is 1. The summed E-state index contributed by atoms with van der Waals surface area (Å²) in [6.45, 7) is 2.31. The van der Waals surface area contributed by atoms with Crippen molar-refractivity contribution in [2.75, 3.05) is 0 Å². The van der Waals surface area contributed by atoms with E-state index in [1.54, 1.807) is 0 Å². The van der Waals surface area contributed by atoms with E-state index in [4.69, 9.17) is 0 Å². The molecular weight excluding hydrogens is 164 g/mol. The highest BCUT2D eigenvalue weighted by molar-refractivity contribution is 5.78. The summed E-state index contributed by atoms with van der Waals surface area (Å²) in [5.74, 6) is 1.63. The molecule has 0 aromatic heterocycles. The van der Waals surface area contributed by atoms with Crippen LogP contribution in [0.4, 0.5) is 0 Å². The van der Waals surface area contributed by atoms with Crippen LogP contribution in [-0.4, -0.2) is 11.9 Å². The van der Waals surface area contributed by atoms with Gasteiger partial charge >= 0.3 is 0 Å². The topological polar surface area (TPSA) is 41.1 Å². The Hall–Kier alpha value is -0.570. The van der Waals surface area contributed by atoms with E-state index in [0.717, 1.165) is 5.92 Å². The normalized spacial score (nSPS) is 40.4. The van der Waals surface area contributed by atoms with E-state index in [2.05, 4.69) is 17.8 Å². The van der Waals surface area contributed by atoms with Gasteiger partial charge in [-0.05, 0) is 18.3 Å². The summed E-state index contributed by atoms with van der Waals surface area (Å²) in [7, 11) is 0. The summed E-state index contributed by atoms with van der Waals surface area (Å²) in [5, 5.41) is 0. The van der Waals surface area contributed by atoms with Crippen molar-refractivity contribution in [3.05, 3.63) is 0 Å². The molecule has 13 heavy (non-hydrogen) atoms. The Bertz CT molecular complexity index is 205. The molecule has 1 aliphatic heterocycles. The first-order valence-corrected chi connectivity index (χ1v) is 5.32. The van der Waals surface area contributed by atoms with Gasteiger partial charge < -0.3 is 0 Å². The minimum Gasteiger partial charge on any atom is -0.291 e. The maximum atomic E-state index is 11.0. The largest absolute Gasteiger partial charge is 0.291 e. The van der Waals surface area contributed by atoms with Gasteiger partial charge in [0.25, 0.3) is 0 Å². The van der Waals surface area contributed by atoms with Gasteiger partial charge in [0.2, 0.25) is 5.91 Å². The molecule has 1 saturated carbocycles. The van der Waals surface area contributed by atoms with Crippen LogP contribution in [0.2, 0.25) is 0 Å². The first-order chi connectivity index (χ1) is 6.27. The van der Waals surface area contributed by atoms with Gasteiger partial charge in [0.1, 0.15) is 0 Å². The minimum absolute atomic E-state index is 0.155. The Morgan fingerprint density at radius 2 is 2.08 bits per heavy atom. The molecular formula is C10H18N2O. The first kappa shape index (κ1) is 9.00. The van der Waals surface area contributed by atoms with E-state index in [0.29, 0.717) is 18.4 Å². The maximum Gasteiger partial charge on any atom is 0.235 e. The van der Waals surface area contributed by atoms with Crippen molar-refractivity contribution in [3.63, 3.8) is 0 Å². The summed E-state index contributed by atoms with van der Waals surface area (Å²) >= 11 is 0. The van der Waals surface area contributed by atoms with Crippen LogP contribution in [0.25, 0.3) is 0 Å². The van der Waals surface area contributed by atoms with E-state index < -0.39 is 0 Å². The first-order valence-electron chi connectivity index (χ1n) is 5.32. The van der Waals surface area contributed by atoms with Crippen LogP contribution in [0.3, 0.4) is 0 Å². The van der Waals surface area contributed by atoms with Crippen molar-refractivity contribution in [2.24, 2.45) is 11.8 Å². The van der Waals surface area contributed by atoms with Gasteiger partial charge in [-0.2, -0.15) is 0 Å². The molecule has 3 heteroatoms. The Kier molecular flexibility index (Phi) is 2.54. The lowest BCUT2D eigenvalue weighted by Gasteiger charge is -2.32. The summed E-state index contributed by atoms with van der Waals surface area (Å²) in [5.41, 5.74) is 5.81. The minimum atomic E-state index is 0.155. The highest BCUT2D eigenvalue weighted by Crippen LogP contribution is 2.33. The SMILES string of the molecule is CC1CCCCC1C1CC(=O)NN1. The number of hydrogen-bond donors (Lipinski definition) is 2. The Morgan fingerprint density at radius 1 is 1.31 bits per heavy atom. The molecule has 0 bridgehead atoms. The van der Waals surface area contributed by atoms with Crippen LogP contribution in [0.1, 0.15) is 39.0 Å². The van der Waals surface area contributed by atoms with Crippen LogP contribution < -0.4 is 10.9 Å². The molecule has 2 N–H and O–H groups in total. The second kappa shape index (κ2) is 3.66. The average Bonchev–Trinajstić information content (AvgIpc) is 2.53. The molecule has 0 radical (unpaired) electrons. The Labute approximate surface area is 79.2 Å². The highest BCUT2D eigenvalue weighted by atomic mass is 16.2. The van der Waals surface area contributed by atoms with E-state index in [1.165, 1.54) is 25.7 Å². The number of carbonyl (C=O) groups excluding carboxylic acids is 1. The fourth-order valence-electron chi connectivity index (χ4n) is 2.68. The number of nitrogens with one attached hydrogen (secondary N) is 2. The Balaban J connectivity index is 1.94. The quantitative estimate of drug-likeness (QED) is 0.640. The third-order valence-corrected chi connectivity index (χ3v) is 3.50. The maximum absolute atomic E-state index is 11.0. The third-order valence-electron chi connectivity index (χ3n) is 3.50. The summed E-state index contributed by atoms with van der Waals surface area (Å²) in [6.07, 6.45) is 5.99. The van der Waals surface area contributed by atoms with Crippen LogP contribution in [0.5, 0.6) is 0 Å². The van der Waals surface area contributed by atoms with Crippen LogP contribution in [0.15, 0.2) is 0 Å². The molecule has 1 saturated heterocycles. The number of hydrazine groups is 1. The smallest absolute Gasteiger partial charge is 0.235 e. The predicted molar refractivity (Wildman–Crippen MR) is 50.8 cm³/mol. The summed E-state index contributed by atoms with van der Waals surface area (Å²) < 4.78 is 0. The monoisotopic (exact) mass is 182 g/mol. The molecule has 0 aromatic rings. The van der Waals surface area contributed by atoms with Crippen molar-refractivity contribution in [3.8, 4) is 0 Å². The number of carbonyl (C=O) groups is 1.